The van der Waals surface area contributed by atoms with Gasteiger partial charge in [-0.1, -0.05) is 30.3 Å². The number of ether oxygens (including phenoxy) is 1. The topological polar surface area (TPSA) is 49.9 Å². The van der Waals surface area contributed by atoms with Gasteiger partial charge in [-0.3, -0.25) is 9.59 Å². The van der Waals surface area contributed by atoms with Crippen LogP contribution < -0.4 is 0 Å². The average Bonchev–Trinajstić information content (AvgIpc) is 3.26. The Kier molecular flexibility index (Phi) is 5.27. The van der Waals surface area contributed by atoms with Crippen LogP contribution in [0, 0.1) is 5.92 Å². The lowest BCUT2D eigenvalue weighted by Gasteiger charge is -2.25. The molecule has 2 aliphatic heterocycles. The molecule has 4 rings (SSSR count). The molecule has 8 heteroatoms. The molecule has 2 aromatic rings. The maximum Gasteiger partial charge on any atom is 0.416 e. The van der Waals surface area contributed by atoms with Crippen LogP contribution in [0.25, 0.3) is 0 Å². The van der Waals surface area contributed by atoms with E-state index in [9.17, 15) is 22.8 Å². The van der Waals surface area contributed by atoms with Gasteiger partial charge in [-0.15, -0.1) is 0 Å². The number of likely N-dealkylation sites (tertiary alicyclic amines) is 2. The number of hydrogen-bond donors (Lipinski definition) is 0. The lowest BCUT2D eigenvalue weighted by atomic mass is 10.0. The maximum absolute atomic E-state index is 12.9. The third kappa shape index (κ3) is 3.67. The van der Waals surface area contributed by atoms with Crippen molar-refractivity contribution < 1.29 is 27.5 Å². The third-order valence-electron chi connectivity index (χ3n) is 5.84. The van der Waals surface area contributed by atoms with Gasteiger partial charge in [0.1, 0.15) is 6.10 Å². The van der Waals surface area contributed by atoms with Crippen LogP contribution in [0.2, 0.25) is 0 Å². The van der Waals surface area contributed by atoms with Gasteiger partial charge >= 0.3 is 6.18 Å². The first-order chi connectivity index (χ1) is 14.3. The molecule has 0 saturated carbocycles. The van der Waals surface area contributed by atoms with Crippen LogP contribution in [-0.2, 0) is 22.3 Å². The molecule has 0 aromatic heterocycles. The van der Waals surface area contributed by atoms with Crippen molar-refractivity contribution in [3.8, 4) is 0 Å². The van der Waals surface area contributed by atoms with Crippen molar-refractivity contribution in [2.75, 3.05) is 20.2 Å². The zero-order chi connectivity index (χ0) is 21.5. The summed E-state index contributed by atoms with van der Waals surface area (Å²) in [5, 5.41) is 0. The largest absolute Gasteiger partial charge is 0.416 e. The number of hydrogen-bond acceptors (Lipinski definition) is 3. The van der Waals surface area contributed by atoms with Crippen LogP contribution in [-0.4, -0.2) is 54.0 Å². The van der Waals surface area contributed by atoms with Crippen LogP contribution in [0.4, 0.5) is 13.2 Å². The number of alkyl halides is 3. The number of methoxy groups -OCH3 is 1. The number of halogens is 3. The van der Waals surface area contributed by atoms with Gasteiger partial charge in [0.15, 0.2) is 0 Å². The number of amides is 2. The molecule has 0 bridgehead atoms. The smallest absolute Gasteiger partial charge is 0.371 e. The van der Waals surface area contributed by atoms with E-state index in [0.717, 1.165) is 17.7 Å². The molecule has 2 saturated heterocycles. The first-order valence-electron chi connectivity index (χ1n) is 9.63. The van der Waals surface area contributed by atoms with E-state index in [2.05, 4.69) is 0 Å². The van der Waals surface area contributed by atoms with E-state index in [-0.39, 0.29) is 29.3 Å². The van der Waals surface area contributed by atoms with Gasteiger partial charge in [-0.2, -0.15) is 13.2 Å². The fourth-order valence-electron chi connectivity index (χ4n) is 4.35. The zero-order valence-electron chi connectivity index (χ0n) is 16.3. The fraction of sp³-hybridized carbons (Fsp3) is 0.364. The summed E-state index contributed by atoms with van der Waals surface area (Å²) in [7, 11) is 1.48. The molecule has 2 fully saturated rings. The van der Waals surface area contributed by atoms with Crippen molar-refractivity contribution in [1.29, 1.82) is 0 Å². The highest BCUT2D eigenvalue weighted by Gasteiger charge is 2.53. The monoisotopic (exact) mass is 418 g/mol. The quantitative estimate of drug-likeness (QED) is 0.766. The molecule has 5 nitrogen and oxygen atoms in total. The summed E-state index contributed by atoms with van der Waals surface area (Å²) in [5.74, 6) is -0.623. The second kappa shape index (κ2) is 7.75. The predicted molar refractivity (Wildman–Crippen MR) is 102 cm³/mol. The second-order valence-electron chi connectivity index (χ2n) is 7.62. The summed E-state index contributed by atoms with van der Waals surface area (Å²) in [6, 6.07) is 13.6. The van der Waals surface area contributed by atoms with Crippen LogP contribution in [0.5, 0.6) is 0 Å². The molecule has 0 N–H and O–H groups in total. The fourth-order valence-corrected chi connectivity index (χ4v) is 4.35. The van der Waals surface area contributed by atoms with Crippen molar-refractivity contribution >= 4 is 11.8 Å². The maximum atomic E-state index is 12.9. The molecule has 0 unspecified atom stereocenters. The molecule has 2 amide bonds. The van der Waals surface area contributed by atoms with Gasteiger partial charge in [-0.05, 0) is 29.8 Å². The summed E-state index contributed by atoms with van der Waals surface area (Å²) >= 11 is 0. The number of nitrogens with zero attached hydrogens (tertiary/aromatic N) is 2. The number of carbonyl (C=O) groups excluding carboxylic acids is 2. The highest BCUT2D eigenvalue weighted by molar-refractivity contribution is 5.95. The third-order valence-corrected chi connectivity index (χ3v) is 5.84. The molecule has 158 valence electrons. The van der Waals surface area contributed by atoms with E-state index in [1.54, 1.807) is 9.80 Å². The minimum Gasteiger partial charge on any atom is -0.371 e. The average molecular weight is 418 g/mol. The second-order valence-corrected chi connectivity index (χ2v) is 7.62. The van der Waals surface area contributed by atoms with Crippen molar-refractivity contribution in [2.24, 2.45) is 5.92 Å². The standard InChI is InChI=1S/C22H21F3N2O3/c1-30-19-17-12-26(20(28)15-7-9-16(10-8-15)22(23,24)25)13-18(17)27(21(19)29)11-14-5-3-2-4-6-14/h2-10,17-19H,11-13H2,1H3/t17-,18+,19-/m0/s1. The van der Waals surface area contributed by atoms with Gasteiger partial charge in [0.05, 0.1) is 11.6 Å². The Balaban J connectivity index is 1.52. The highest BCUT2D eigenvalue weighted by Crippen LogP contribution is 2.36. The summed E-state index contributed by atoms with van der Waals surface area (Å²) in [4.78, 5) is 29.0. The first-order valence-corrected chi connectivity index (χ1v) is 9.63. The molecular weight excluding hydrogens is 397 g/mol. The summed E-state index contributed by atoms with van der Waals surface area (Å²) in [6.07, 6.45) is -5.08. The Labute approximate surface area is 172 Å². The van der Waals surface area contributed by atoms with E-state index in [1.165, 1.54) is 19.2 Å². The van der Waals surface area contributed by atoms with Crippen molar-refractivity contribution in [2.45, 2.75) is 24.9 Å². The van der Waals surface area contributed by atoms with Gasteiger partial charge in [0, 0.05) is 38.2 Å². The molecule has 0 radical (unpaired) electrons. The number of fused-ring (bicyclic) bond motifs is 1. The Morgan fingerprint density at radius 1 is 1.07 bits per heavy atom. The summed E-state index contributed by atoms with van der Waals surface area (Å²) in [6.45, 7) is 1.06. The Hall–Kier alpha value is -2.87. The SMILES string of the molecule is CO[C@@H]1C(=O)N(Cc2ccccc2)[C@@H]2CN(C(=O)c3ccc(C(F)(F)F)cc3)C[C@H]12. The summed E-state index contributed by atoms with van der Waals surface area (Å²) in [5.41, 5.74) is 0.378. The van der Waals surface area contributed by atoms with Crippen LogP contribution in [0.1, 0.15) is 21.5 Å². The Morgan fingerprint density at radius 3 is 2.33 bits per heavy atom. The molecule has 2 aromatic carbocycles. The molecule has 0 spiro atoms. The summed E-state index contributed by atoms with van der Waals surface area (Å²) < 4.78 is 43.8. The Bertz CT molecular complexity index is 931. The number of carbonyl (C=O) groups is 2. The molecule has 0 aliphatic carbocycles. The van der Waals surface area contributed by atoms with Gasteiger partial charge < -0.3 is 14.5 Å². The van der Waals surface area contributed by atoms with Crippen LogP contribution in [0.15, 0.2) is 54.6 Å². The van der Waals surface area contributed by atoms with Gasteiger partial charge in [0.2, 0.25) is 0 Å². The van der Waals surface area contributed by atoms with E-state index in [1.807, 2.05) is 30.3 Å². The molecular formula is C22H21F3N2O3. The van der Waals surface area contributed by atoms with Crippen molar-refractivity contribution in [1.82, 2.24) is 9.80 Å². The van der Waals surface area contributed by atoms with E-state index in [0.29, 0.717) is 19.6 Å². The molecule has 2 aliphatic rings. The Morgan fingerprint density at radius 2 is 1.73 bits per heavy atom. The van der Waals surface area contributed by atoms with Gasteiger partial charge in [0.25, 0.3) is 11.8 Å². The van der Waals surface area contributed by atoms with Crippen LogP contribution >= 0.6 is 0 Å². The van der Waals surface area contributed by atoms with E-state index in [4.69, 9.17) is 4.74 Å². The predicted octanol–water partition coefficient (Wildman–Crippen LogP) is 3.20. The lowest BCUT2D eigenvalue weighted by Crippen LogP contribution is -2.40. The normalized spacial score (nSPS) is 23.7. The lowest BCUT2D eigenvalue weighted by molar-refractivity contribution is -0.138. The van der Waals surface area contributed by atoms with E-state index >= 15 is 0 Å². The molecule has 2 heterocycles. The van der Waals surface area contributed by atoms with Gasteiger partial charge in [-0.25, -0.2) is 0 Å². The molecule has 3 atom stereocenters. The zero-order valence-corrected chi connectivity index (χ0v) is 16.3. The highest BCUT2D eigenvalue weighted by atomic mass is 19.4. The molecule has 30 heavy (non-hydrogen) atoms. The number of rotatable bonds is 4. The van der Waals surface area contributed by atoms with Crippen molar-refractivity contribution in [3.05, 3.63) is 71.3 Å². The van der Waals surface area contributed by atoms with E-state index < -0.39 is 17.8 Å². The minimum atomic E-state index is -4.45. The first kappa shape index (κ1) is 20.4. The van der Waals surface area contributed by atoms with Crippen molar-refractivity contribution in [3.63, 3.8) is 0 Å². The number of benzene rings is 2. The van der Waals surface area contributed by atoms with Crippen LogP contribution in [0.3, 0.4) is 0 Å². The minimum absolute atomic E-state index is 0.0991.